The summed E-state index contributed by atoms with van der Waals surface area (Å²) in [6.45, 7) is 1.52. The summed E-state index contributed by atoms with van der Waals surface area (Å²) < 4.78 is 6.43. The fourth-order valence-corrected chi connectivity index (χ4v) is 2.22. The van der Waals surface area contributed by atoms with E-state index < -0.39 is 0 Å². The topological polar surface area (TPSA) is 26.3 Å². The van der Waals surface area contributed by atoms with Gasteiger partial charge in [0.15, 0.2) is 0 Å². The molecular weight excluding hydrogens is 154 g/mol. The molecular formula is C9H16NO2+. The predicted octanol–water partition coefficient (Wildman–Crippen LogP) is 0.193. The zero-order chi connectivity index (χ0) is 8.77. The van der Waals surface area contributed by atoms with Crippen molar-refractivity contribution in [1.29, 1.82) is 0 Å². The number of morpholine rings is 1. The molecule has 12 heavy (non-hydrogen) atoms. The van der Waals surface area contributed by atoms with Crippen LogP contribution in [0.2, 0.25) is 0 Å². The van der Waals surface area contributed by atoms with E-state index in [1.807, 2.05) is 0 Å². The van der Waals surface area contributed by atoms with Gasteiger partial charge in [-0.05, 0) is 0 Å². The van der Waals surface area contributed by atoms with Crippen LogP contribution in [0.15, 0.2) is 0 Å². The lowest BCUT2D eigenvalue weighted by molar-refractivity contribution is -0.948. The first-order chi connectivity index (χ1) is 5.60. The molecule has 2 heterocycles. The summed E-state index contributed by atoms with van der Waals surface area (Å²) in [6.07, 6.45) is 1.42. The second-order valence-corrected chi connectivity index (χ2v) is 4.42. The third kappa shape index (κ3) is 1.08. The van der Waals surface area contributed by atoms with Gasteiger partial charge in [-0.15, -0.1) is 0 Å². The number of Topliss-reactive ketones (excluding diaryl/α,β-unsaturated/α-hetero) is 1. The molecule has 0 spiro atoms. The Labute approximate surface area is 72.9 Å². The van der Waals surface area contributed by atoms with Gasteiger partial charge in [0.2, 0.25) is 0 Å². The molecule has 3 nitrogen and oxygen atoms in total. The monoisotopic (exact) mass is 170 g/mol. The number of carbonyl (C=O) groups excluding carboxylic acids is 1. The van der Waals surface area contributed by atoms with Crippen LogP contribution in [-0.2, 0) is 9.53 Å². The van der Waals surface area contributed by atoms with Crippen molar-refractivity contribution in [3.8, 4) is 0 Å². The summed E-state index contributed by atoms with van der Waals surface area (Å²) in [5, 5.41) is 0. The van der Waals surface area contributed by atoms with Crippen LogP contribution in [0, 0.1) is 0 Å². The van der Waals surface area contributed by atoms with Crippen LogP contribution in [0.5, 0.6) is 0 Å². The number of piperidine rings is 1. The molecule has 0 aliphatic carbocycles. The van der Waals surface area contributed by atoms with Crippen LogP contribution in [0.1, 0.15) is 12.8 Å². The minimum Gasteiger partial charge on any atom is -0.369 e. The average Bonchev–Trinajstić information content (AvgIpc) is 1.92. The van der Waals surface area contributed by atoms with Crippen LogP contribution in [0.3, 0.4) is 0 Å². The summed E-state index contributed by atoms with van der Waals surface area (Å²) in [6, 6.07) is 0.815. The minimum atomic E-state index is 0.407. The van der Waals surface area contributed by atoms with E-state index in [0.29, 0.717) is 30.7 Å². The van der Waals surface area contributed by atoms with E-state index in [4.69, 9.17) is 4.74 Å². The number of quaternary nitrogens is 1. The Balaban J connectivity index is 2.23. The van der Waals surface area contributed by atoms with Crippen molar-refractivity contribution in [1.82, 2.24) is 0 Å². The van der Waals surface area contributed by atoms with E-state index in [1.165, 1.54) is 0 Å². The van der Waals surface area contributed by atoms with E-state index in [2.05, 4.69) is 14.1 Å². The quantitative estimate of drug-likeness (QED) is 0.485. The Morgan fingerprint density at radius 2 is 1.75 bits per heavy atom. The molecule has 0 saturated carbocycles. The Hall–Kier alpha value is -0.410. The van der Waals surface area contributed by atoms with Crippen molar-refractivity contribution in [3.63, 3.8) is 0 Å². The molecule has 2 aliphatic heterocycles. The third-order valence-corrected chi connectivity index (χ3v) is 3.43. The predicted molar refractivity (Wildman–Crippen MR) is 44.7 cm³/mol. The number of hydrogen-bond acceptors (Lipinski definition) is 2. The van der Waals surface area contributed by atoms with Crippen molar-refractivity contribution in [2.24, 2.45) is 0 Å². The van der Waals surface area contributed by atoms with Gasteiger partial charge in [-0.3, -0.25) is 4.79 Å². The minimum absolute atomic E-state index is 0.407. The summed E-state index contributed by atoms with van der Waals surface area (Å²) in [5.41, 5.74) is 0. The number of carbonyl (C=O) groups is 1. The molecule has 2 saturated heterocycles. The van der Waals surface area contributed by atoms with E-state index in [9.17, 15) is 4.79 Å². The molecule has 68 valence electrons. The van der Waals surface area contributed by atoms with Gasteiger partial charge in [-0.1, -0.05) is 0 Å². The van der Waals surface area contributed by atoms with Crippen molar-refractivity contribution in [3.05, 3.63) is 0 Å². The van der Waals surface area contributed by atoms with E-state index >= 15 is 0 Å². The van der Waals surface area contributed by atoms with Crippen molar-refractivity contribution < 1.29 is 14.0 Å². The fourth-order valence-electron chi connectivity index (χ4n) is 2.22. The molecule has 3 heteroatoms. The number of ketones is 1. The molecule has 2 bridgehead atoms. The average molecular weight is 170 g/mol. The molecule has 0 radical (unpaired) electrons. The molecule has 2 atom stereocenters. The van der Waals surface area contributed by atoms with Crippen molar-refractivity contribution in [2.75, 3.05) is 27.3 Å². The second-order valence-electron chi connectivity index (χ2n) is 4.42. The molecule has 0 aromatic rings. The number of hydrogen-bond donors (Lipinski definition) is 0. The smallest absolute Gasteiger partial charge is 0.144 e. The highest BCUT2D eigenvalue weighted by Gasteiger charge is 2.46. The largest absolute Gasteiger partial charge is 0.369 e. The van der Waals surface area contributed by atoms with Crippen LogP contribution in [-0.4, -0.2) is 49.7 Å². The number of rotatable bonds is 0. The highest BCUT2D eigenvalue weighted by Crippen LogP contribution is 2.29. The van der Waals surface area contributed by atoms with Crippen molar-refractivity contribution in [2.45, 2.75) is 24.9 Å². The van der Waals surface area contributed by atoms with Crippen LogP contribution < -0.4 is 0 Å². The maximum absolute atomic E-state index is 11.3. The Kier molecular flexibility index (Phi) is 1.73. The van der Waals surface area contributed by atoms with Gasteiger partial charge in [0.05, 0.1) is 40.2 Å². The summed E-state index contributed by atoms with van der Waals surface area (Å²) in [4.78, 5) is 11.3. The molecule has 0 N–H and O–H groups in total. The Morgan fingerprint density at radius 3 is 2.25 bits per heavy atom. The number of ether oxygens (including phenoxy) is 1. The second kappa shape index (κ2) is 2.54. The van der Waals surface area contributed by atoms with E-state index in [0.717, 1.165) is 17.7 Å². The molecule has 0 aromatic heterocycles. The maximum Gasteiger partial charge on any atom is 0.144 e. The summed E-state index contributed by atoms with van der Waals surface area (Å²) >= 11 is 0. The van der Waals surface area contributed by atoms with E-state index in [-0.39, 0.29) is 0 Å². The molecule has 2 rings (SSSR count). The highest BCUT2D eigenvalue weighted by molar-refractivity contribution is 5.80. The molecule has 2 unspecified atom stereocenters. The van der Waals surface area contributed by atoms with Gasteiger partial charge in [0.25, 0.3) is 0 Å². The van der Waals surface area contributed by atoms with Gasteiger partial charge >= 0.3 is 0 Å². The molecule has 0 amide bonds. The SMILES string of the molecule is C[N+]1(C)C2COCC1CC(=O)C2. The van der Waals surface area contributed by atoms with Gasteiger partial charge in [-0.25, -0.2) is 0 Å². The van der Waals surface area contributed by atoms with Crippen molar-refractivity contribution >= 4 is 5.78 Å². The number of likely N-dealkylation sites (N-methyl/N-ethyl adjacent to an activating group) is 1. The highest BCUT2D eigenvalue weighted by atomic mass is 16.5. The maximum atomic E-state index is 11.3. The summed E-state index contributed by atoms with van der Waals surface area (Å²) in [7, 11) is 4.43. The lowest BCUT2D eigenvalue weighted by Gasteiger charge is -2.49. The first-order valence-corrected chi connectivity index (χ1v) is 4.53. The Morgan fingerprint density at radius 1 is 1.25 bits per heavy atom. The zero-order valence-corrected chi connectivity index (χ0v) is 7.75. The standard InChI is InChI=1S/C9H16NO2/c1-10(2)7-3-9(11)4-8(10)6-12-5-7/h7-8H,3-6H2,1-2H3/q+1. The van der Waals surface area contributed by atoms with Gasteiger partial charge < -0.3 is 9.22 Å². The van der Waals surface area contributed by atoms with Crippen LogP contribution in [0.25, 0.3) is 0 Å². The summed E-state index contributed by atoms with van der Waals surface area (Å²) in [5.74, 6) is 0.422. The third-order valence-electron chi connectivity index (χ3n) is 3.43. The number of nitrogens with zero attached hydrogens (tertiary/aromatic N) is 1. The Bertz CT molecular complexity index is 195. The van der Waals surface area contributed by atoms with Crippen LogP contribution in [0.4, 0.5) is 0 Å². The van der Waals surface area contributed by atoms with Crippen LogP contribution >= 0.6 is 0 Å². The zero-order valence-electron chi connectivity index (χ0n) is 7.75. The number of fused-ring (bicyclic) bond motifs is 2. The molecule has 2 aliphatic rings. The van der Waals surface area contributed by atoms with E-state index in [1.54, 1.807) is 0 Å². The first-order valence-electron chi connectivity index (χ1n) is 4.53. The molecule has 0 aromatic carbocycles. The molecule has 2 fully saturated rings. The first kappa shape index (κ1) is 8.20. The lowest BCUT2D eigenvalue weighted by atomic mass is 9.91. The van der Waals surface area contributed by atoms with Gasteiger partial charge in [0.1, 0.15) is 17.9 Å². The fraction of sp³-hybridized carbons (Fsp3) is 0.889. The van der Waals surface area contributed by atoms with Gasteiger partial charge in [-0.2, -0.15) is 0 Å². The van der Waals surface area contributed by atoms with Gasteiger partial charge in [0, 0.05) is 0 Å². The normalized spacial score (nSPS) is 39.7. The lowest BCUT2D eigenvalue weighted by Crippen LogP contribution is -2.66.